The summed E-state index contributed by atoms with van der Waals surface area (Å²) < 4.78 is 44.7. The fourth-order valence-corrected chi connectivity index (χ4v) is 3.07. The maximum absolute atomic E-state index is 13.1. The number of nitrogens with zero attached hydrogens (tertiary/aromatic N) is 1. The number of ether oxygens (including phenoxy) is 1. The van der Waals surface area contributed by atoms with Crippen molar-refractivity contribution in [2.45, 2.75) is 32.4 Å². The summed E-state index contributed by atoms with van der Waals surface area (Å²) in [6.07, 6.45) is -2.67. The van der Waals surface area contributed by atoms with Crippen LogP contribution in [-0.4, -0.2) is 25.0 Å². The molecule has 1 N–H and O–H groups in total. The molecule has 0 atom stereocenters. The normalized spacial score (nSPS) is 14.2. The molecule has 1 fully saturated rings. The van der Waals surface area contributed by atoms with E-state index >= 15 is 0 Å². The molecule has 5 nitrogen and oxygen atoms in total. The van der Waals surface area contributed by atoms with Crippen molar-refractivity contribution in [3.8, 4) is 5.75 Å². The lowest BCUT2D eigenvalue weighted by atomic mass is 10.1. The lowest BCUT2D eigenvalue weighted by Crippen LogP contribution is -2.24. The monoisotopic (exact) mass is 406 g/mol. The Bertz CT molecular complexity index is 912. The van der Waals surface area contributed by atoms with Gasteiger partial charge in [-0.25, -0.2) is 0 Å². The molecule has 2 aromatic carbocycles. The van der Waals surface area contributed by atoms with Crippen LogP contribution in [0.15, 0.2) is 42.5 Å². The van der Waals surface area contributed by atoms with Gasteiger partial charge in [-0.1, -0.05) is 13.0 Å². The number of alkyl halides is 3. The number of halogens is 3. The van der Waals surface area contributed by atoms with Gasteiger partial charge >= 0.3 is 6.18 Å². The van der Waals surface area contributed by atoms with E-state index in [9.17, 15) is 22.8 Å². The highest BCUT2D eigenvalue weighted by atomic mass is 19.4. The molecule has 0 bridgehead atoms. The van der Waals surface area contributed by atoms with Crippen LogP contribution in [0.4, 0.5) is 24.5 Å². The van der Waals surface area contributed by atoms with Gasteiger partial charge in [0, 0.05) is 24.2 Å². The van der Waals surface area contributed by atoms with Gasteiger partial charge in [0.25, 0.3) is 5.91 Å². The summed E-state index contributed by atoms with van der Waals surface area (Å²) in [6, 6.07) is 9.43. The van der Waals surface area contributed by atoms with Crippen molar-refractivity contribution in [3.05, 3.63) is 53.6 Å². The number of hydrogen-bond acceptors (Lipinski definition) is 3. The van der Waals surface area contributed by atoms with Crippen molar-refractivity contribution < 1.29 is 27.5 Å². The molecule has 1 saturated heterocycles. The molecule has 29 heavy (non-hydrogen) atoms. The molecule has 1 heterocycles. The largest absolute Gasteiger partial charge is 0.491 e. The molecule has 1 aliphatic heterocycles. The molecular formula is C21H21F3N2O3. The topological polar surface area (TPSA) is 58.6 Å². The second-order valence-electron chi connectivity index (χ2n) is 6.71. The quantitative estimate of drug-likeness (QED) is 0.744. The first-order valence-electron chi connectivity index (χ1n) is 9.35. The zero-order valence-electron chi connectivity index (χ0n) is 15.9. The molecule has 0 spiro atoms. The number of rotatable bonds is 6. The minimum Gasteiger partial charge on any atom is -0.491 e. The molecule has 0 unspecified atom stereocenters. The minimum atomic E-state index is -4.54. The SMILES string of the molecule is CCCOc1ccc(C(F)(F)F)cc1NC(=O)c1cccc(N2CCCC2=O)c1. The summed E-state index contributed by atoms with van der Waals surface area (Å²) in [5, 5.41) is 2.51. The van der Waals surface area contributed by atoms with Crippen LogP contribution >= 0.6 is 0 Å². The van der Waals surface area contributed by atoms with E-state index in [0.717, 1.165) is 18.6 Å². The van der Waals surface area contributed by atoms with Crippen LogP contribution in [0.25, 0.3) is 0 Å². The number of benzene rings is 2. The van der Waals surface area contributed by atoms with Gasteiger partial charge in [-0.2, -0.15) is 13.2 Å². The highest BCUT2D eigenvalue weighted by Crippen LogP contribution is 2.35. The molecular weight excluding hydrogens is 385 g/mol. The van der Waals surface area contributed by atoms with Crippen LogP contribution in [0.1, 0.15) is 42.1 Å². The smallest absolute Gasteiger partial charge is 0.416 e. The van der Waals surface area contributed by atoms with E-state index in [4.69, 9.17) is 4.74 Å². The predicted octanol–water partition coefficient (Wildman–Crippen LogP) is 4.87. The van der Waals surface area contributed by atoms with Crippen LogP contribution in [0.2, 0.25) is 0 Å². The fourth-order valence-electron chi connectivity index (χ4n) is 3.07. The lowest BCUT2D eigenvalue weighted by molar-refractivity contribution is -0.137. The van der Waals surface area contributed by atoms with Crippen molar-refractivity contribution in [1.29, 1.82) is 0 Å². The summed E-state index contributed by atoms with van der Waals surface area (Å²) in [5.41, 5.74) is -0.110. The summed E-state index contributed by atoms with van der Waals surface area (Å²) in [5.74, 6) is -0.436. The number of hydrogen-bond donors (Lipinski definition) is 1. The number of nitrogens with one attached hydrogen (secondary N) is 1. The van der Waals surface area contributed by atoms with Crippen molar-refractivity contribution in [2.24, 2.45) is 0 Å². The van der Waals surface area contributed by atoms with E-state index in [0.29, 0.717) is 31.7 Å². The number of amides is 2. The Kier molecular flexibility index (Phi) is 6.10. The van der Waals surface area contributed by atoms with Crippen LogP contribution in [0, 0.1) is 0 Å². The summed E-state index contributed by atoms with van der Waals surface area (Å²) in [4.78, 5) is 26.2. The van der Waals surface area contributed by atoms with Crippen molar-refractivity contribution in [1.82, 2.24) is 0 Å². The molecule has 154 valence electrons. The first-order valence-corrected chi connectivity index (χ1v) is 9.35. The molecule has 0 aromatic heterocycles. The van der Waals surface area contributed by atoms with E-state index in [2.05, 4.69) is 5.32 Å². The highest BCUT2D eigenvalue weighted by molar-refractivity contribution is 6.06. The van der Waals surface area contributed by atoms with Gasteiger partial charge in [-0.15, -0.1) is 0 Å². The average Bonchev–Trinajstić information content (AvgIpc) is 3.12. The standard InChI is InChI=1S/C21H21F3N2O3/c1-2-11-29-18-9-8-15(21(22,23)24)13-17(18)25-20(28)14-5-3-6-16(12-14)26-10-4-7-19(26)27/h3,5-6,8-9,12-13H,2,4,7,10-11H2,1H3,(H,25,28). The Balaban J connectivity index is 1.86. The highest BCUT2D eigenvalue weighted by Gasteiger charge is 2.31. The van der Waals surface area contributed by atoms with E-state index < -0.39 is 17.6 Å². The predicted molar refractivity (Wildman–Crippen MR) is 103 cm³/mol. The molecule has 2 amide bonds. The molecule has 3 rings (SSSR count). The maximum Gasteiger partial charge on any atom is 0.416 e. The Morgan fingerprint density at radius 3 is 2.66 bits per heavy atom. The van der Waals surface area contributed by atoms with E-state index in [1.807, 2.05) is 6.92 Å². The maximum atomic E-state index is 13.1. The van der Waals surface area contributed by atoms with Gasteiger partial charge in [0.15, 0.2) is 0 Å². The van der Waals surface area contributed by atoms with Crippen molar-refractivity contribution in [3.63, 3.8) is 0 Å². The number of anilines is 2. The van der Waals surface area contributed by atoms with Gasteiger partial charge in [-0.3, -0.25) is 9.59 Å². The van der Waals surface area contributed by atoms with E-state index in [1.54, 1.807) is 29.2 Å². The summed E-state index contributed by atoms with van der Waals surface area (Å²) in [7, 11) is 0. The van der Waals surface area contributed by atoms with Crippen molar-refractivity contribution in [2.75, 3.05) is 23.4 Å². The van der Waals surface area contributed by atoms with Gasteiger partial charge < -0.3 is 15.0 Å². The summed E-state index contributed by atoms with van der Waals surface area (Å²) >= 11 is 0. The molecule has 0 saturated carbocycles. The molecule has 0 radical (unpaired) electrons. The first kappa shape index (κ1) is 20.7. The van der Waals surface area contributed by atoms with Gasteiger partial charge in [0.05, 0.1) is 17.9 Å². The van der Waals surface area contributed by atoms with Gasteiger partial charge in [-0.05, 0) is 49.2 Å². The molecule has 0 aliphatic carbocycles. The Morgan fingerprint density at radius 2 is 2.00 bits per heavy atom. The Morgan fingerprint density at radius 1 is 1.21 bits per heavy atom. The zero-order chi connectivity index (χ0) is 21.0. The Labute approximate surface area is 166 Å². The van der Waals surface area contributed by atoms with Gasteiger partial charge in [0.1, 0.15) is 5.75 Å². The third-order valence-electron chi connectivity index (χ3n) is 4.51. The average molecular weight is 406 g/mol. The molecule has 8 heteroatoms. The lowest BCUT2D eigenvalue weighted by Gasteiger charge is -2.17. The van der Waals surface area contributed by atoms with Crippen molar-refractivity contribution >= 4 is 23.2 Å². The second-order valence-corrected chi connectivity index (χ2v) is 6.71. The second kappa shape index (κ2) is 8.55. The third-order valence-corrected chi connectivity index (χ3v) is 4.51. The van der Waals surface area contributed by atoms with Gasteiger partial charge in [0.2, 0.25) is 5.91 Å². The van der Waals surface area contributed by atoms with Crippen LogP contribution in [-0.2, 0) is 11.0 Å². The minimum absolute atomic E-state index is 0.0179. The molecule has 2 aromatic rings. The van der Waals surface area contributed by atoms with Crippen LogP contribution < -0.4 is 15.0 Å². The molecule has 1 aliphatic rings. The Hall–Kier alpha value is -3.03. The first-order chi connectivity index (χ1) is 13.8. The number of carbonyl (C=O) groups excluding carboxylic acids is 2. The third kappa shape index (κ3) is 4.88. The van der Waals surface area contributed by atoms with Crippen LogP contribution in [0.5, 0.6) is 5.75 Å². The summed E-state index contributed by atoms with van der Waals surface area (Å²) in [6.45, 7) is 2.75. The van der Waals surface area contributed by atoms with E-state index in [1.165, 1.54) is 6.07 Å². The fraction of sp³-hybridized carbons (Fsp3) is 0.333. The number of carbonyl (C=O) groups is 2. The van der Waals surface area contributed by atoms with E-state index in [-0.39, 0.29) is 22.9 Å². The van der Waals surface area contributed by atoms with Crippen LogP contribution in [0.3, 0.4) is 0 Å². The zero-order valence-corrected chi connectivity index (χ0v) is 15.9.